The van der Waals surface area contributed by atoms with Crippen molar-refractivity contribution in [1.82, 2.24) is 9.97 Å². The molecule has 1 aliphatic rings. The zero-order chi connectivity index (χ0) is 14.3. The van der Waals surface area contributed by atoms with E-state index in [2.05, 4.69) is 4.98 Å². The first-order valence-electron chi connectivity index (χ1n) is 6.39. The Balaban J connectivity index is 2.19. The van der Waals surface area contributed by atoms with E-state index in [0.717, 1.165) is 19.3 Å². The van der Waals surface area contributed by atoms with Gasteiger partial charge in [-0.05, 0) is 17.9 Å². The molecule has 3 rings (SSSR count). The molecule has 106 valence electrons. The Kier molecular flexibility index (Phi) is 3.11. The molecule has 1 saturated carbocycles. The molecule has 0 aliphatic heterocycles. The molecule has 0 radical (unpaired) electrons. The summed E-state index contributed by atoms with van der Waals surface area (Å²) in [7, 11) is 0. The zero-order valence-electron chi connectivity index (χ0n) is 10.5. The number of aromatic nitrogens is 2. The number of rotatable bonds is 3. The molecule has 2 heterocycles. The lowest BCUT2D eigenvalue weighted by Crippen LogP contribution is -2.20. The highest BCUT2D eigenvalue weighted by molar-refractivity contribution is 5.75. The van der Waals surface area contributed by atoms with Crippen molar-refractivity contribution >= 4 is 11.1 Å². The van der Waals surface area contributed by atoms with Crippen molar-refractivity contribution < 1.29 is 13.2 Å². The van der Waals surface area contributed by atoms with E-state index < -0.39 is 23.4 Å². The number of fused-ring (bicyclic) bond motifs is 1. The lowest BCUT2D eigenvalue weighted by atomic mass is 9.81. The van der Waals surface area contributed by atoms with Gasteiger partial charge in [-0.25, -0.2) is 13.6 Å². The third-order valence-electron chi connectivity index (χ3n) is 3.66. The van der Waals surface area contributed by atoms with Crippen LogP contribution >= 0.6 is 0 Å². The first-order chi connectivity index (χ1) is 9.54. The van der Waals surface area contributed by atoms with Crippen LogP contribution in [0.2, 0.25) is 0 Å². The second-order valence-electron chi connectivity index (χ2n) is 5.02. The first kappa shape index (κ1) is 13.0. The number of hydrogen-bond donors (Lipinski definition) is 1. The highest BCUT2D eigenvalue weighted by Crippen LogP contribution is 2.30. The predicted molar refractivity (Wildman–Crippen MR) is 66.9 cm³/mol. The number of halogens is 2. The van der Waals surface area contributed by atoms with E-state index in [1.165, 1.54) is 6.07 Å². The first-order valence-corrected chi connectivity index (χ1v) is 6.39. The molecule has 0 bridgehead atoms. The van der Waals surface area contributed by atoms with E-state index in [4.69, 9.17) is 4.42 Å². The van der Waals surface area contributed by atoms with Crippen molar-refractivity contribution in [3.05, 3.63) is 38.2 Å². The summed E-state index contributed by atoms with van der Waals surface area (Å²) in [4.78, 5) is 29.0. The molecule has 0 aromatic carbocycles. The average Bonchev–Trinajstić information content (AvgIpc) is 2.32. The maximum absolute atomic E-state index is 12.6. The van der Waals surface area contributed by atoms with Crippen LogP contribution < -0.4 is 11.2 Å². The highest BCUT2D eigenvalue weighted by Gasteiger charge is 2.22. The molecule has 1 N–H and O–H groups in total. The van der Waals surface area contributed by atoms with Crippen molar-refractivity contribution in [3.8, 4) is 0 Å². The minimum absolute atomic E-state index is 0.0981. The molecule has 1 fully saturated rings. The molecule has 0 amide bonds. The number of aromatic amines is 1. The van der Waals surface area contributed by atoms with E-state index >= 15 is 0 Å². The molecule has 0 atom stereocenters. The molecule has 2 aromatic heterocycles. The normalized spacial score (nSPS) is 15.8. The van der Waals surface area contributed by atoms with Crippen LogP contribution in [-0.2, 0) is 6.42 Å². The van der Waals surface area contributed by atoms with Gasteiger partial charge in [-0.15, -0.1) is 0 Å². The standard InChI is InChI=1S/C13H12F2N2O3/c14-10(15)11-16-12(19)9-7(4-6-2-1-3-6)5-8(18)20-13(9)17-11/h5-6,10H,1-4H2,(H,16,17,19). The third-order valence-corrected chi connectivity index (χ3v) is 3.66. The van der Waals surface area contributed by atoms with Gasteiger partial charge >= 0.3 is 5.63 Å². The van der Waals surface area contributed by atoms with Gasteiger partial charge in [0.15, 0.2) is 5.82 Å². The predicted octanol–water partition coefficient (Wildman–Crippen LogP) is 2.16. The van der Waals surface area contributed by atoms with Crippen molar-refractivity contribution in [2.75, 3.05) is 0 Å². The average molecular weight is 282 g/mol. The van der Waals surface area contributed by atoms with Crippen molar-refractivity contribution in [3.63, 3.8) is 0 Å². The van der Waals surface area contributed by atoms with Gasteiger partial charge in [0.25, 0.3) is 12.0 Å². The van der Waals surface area contributed by atoms with E-state index in [1.54, 1.807) is 0 Å². The van der Waals surface area contributed by atoms with Crippen molar-refractivity contribution in [2.45, 2.75) is 32.1 Å². The SMILES string of the molecule is O=c1cc(CC2CCC2)c2c(=O)[nH]c(C(F)F)nc2o1. The molecule has 1 aliphatic carbocycles. The van der Waals surface area contributed by atoms with Gasteiger partial charge < -0.3 is 9.40 Å². The molecule has 7 heteroatoms. The van der Waals surface area contributed by atoms with Crippen LogP contribution in [0.15, 0.2) is 20.1 Å². The minimum Gasteiger partial charge on any atom is -0.403 e. The van der Waals surface area contributed by atoms with Crippen LogP contribution in [0.1, 0.15) is 37.1 Å². The largest absolute Gasteiger partial charge is 0.403 e. The summed E-state index contributed by atoms with van der Waals surface area (Å²) >= 11 is 0. The topological polar surface area (TPSA) is 76.0 Å². The number of nitrogens with one attached hydrogen (secondary N) is 1. The Bertz CT molecular complexity index is 762. The van der Waals surface area contributed by atoms with E-state index in [1.807, 2.05) is 4.98 Å². The summed E-state index contributed by atoms with van der Waals surface area (Å²) in [6.07, 6.45) is 0.868. The number of hydrogen-bond acceptors (Lipinski definition) is 4. The Morgan fingerprint density at radius 2 is 2.15 bits per heavy atom. The Labute approximate surface area is 111 Å². The van der Waals surface area contributed by atoms with Crippen LogP contribution in [0.3, 0.4) is 0 Å². The second-order valence-corrected chi connectivity index (χ2v) is 5.02. The van der Waals surface area contributed by atoms with Crippen LogP contribution in [0.5, 0.6) is 0 Å². The van der Waals surface area contributed by atoms with Crippen LogP contribution in [0.4, 0.5) is 8.78 Å². The minimum atomic E-state index is -2.92. The molecule has 2 aromatic rings. The fourth-order valence-corrected chi connectivity index (χ4v) is 2.44. The summed E-state index contributed by atoms with van der Waals surface area (Å²) in [5.74, 6) is -0.361. The third kappa shape index (κ3) is 2.23. The van der Waals surface area contributed by atoms with Crippen LogP contribution in [0, 0.1) is 5.92 Å². The van der Waals surface area contributed by atoms with Gasteiger partial charge in [0.1, 0.15) is 5.39 Å². The van der Waals surface area contributed by atoms with Crippen LogP contribution in [-0.4, -0.2) is 9.97 Å². The Hall–Kier alpha value is -2.05. The van der Waals surface area contributed by atoms with Gasteiger partial charge in [0.2, 0.25) is 5.71 Å². The van der Waals surface area contributed by atoms with Gasteiger partial charge in [-0.2, -0.15) is 4.98 Å². The number of alkyl halides is 2. The van der Waals surface area contributed by atoms with E-state index in [0.29, 0.717) is 17.9 Å². The fraction of sp³-hybridized carbons (Fsp3) is 0.462. The molecule has 0 saturated heterocycles. The van der Waals surface area contributed by atoms with Crippen molar-refractivity contribution in [2.24, 2.45) is 5.92 Å². The van der Waals surface area contributed by atoms with Crippen LogP contribution in [0.25, 0.3) is 11.1 Å². The van der Waals surface area contributed by atoms with Gasteiger partial charge in [0.05, 0.1) is 0 Å². The lowest BCUT2D eigenvalue weighted by Gasteiger charge is -2.25. The molecular weight excluding hydrogens is 270 g/mol. The molecule has 0 spiro atoms. The summed E-state index contributed by atoms with van der Waals surface area (Å²) in [5, 5.41) is 0.0981. The molecule has 0 unspecified atom stereocenters. The number of H-pyrrole nitrogens is 1. The van der Waals surface area contributed by atoms with E-state index in [-0.39, 0.29) is 11.1 Å². The van der Waals surface area contributed by atoms with Crippen molar-refractivity contribution in [1.29, 1.82) is 0 Å². The Morgan fingerprint density at radius 1 is 1.40 bits per heavy atom. The fourth-order valence-electron chi connectivity index (χ4n) is 2.44. The van der Waals surface area contributed by atoms with Gasteiger partial charge in [-0.3, -0.25) is 4.79 Å². The summed E-state index contributed by atoms with van der Waals surface area (Å²) < 4.78 is 30.0. The number of nitrogens with zero attached hydrogens (tertiary/aromatic N) is 1. The zero-order valence-corrected chi connectivity index (χ0v) is 10.5. The summed E-state index contributed by atoms with van der Waals surface area (Å²) in [6.45, 7) is 0. The van der Waals surface area contributed by atoms with Gasteiger partial charge in [-0.1, -0.05) is 19.3 Å². The lowest BCUT2D eigenvalue weighted by molar-refractivity contribution is 0.140. The molecule has 5 nitrogen and oxygen atoms in total. The maximum Gasteiger partial charge on any atom is 0.337 e. The summed E-state index contributed by atoms with van der Waals surface area (Å²) in [6, 6.07) is 1.25. The maximum atomic E-state index is 12.6. The smallest absolute Gasteiger partial charge is 0.337 e. The monoisotopic (exact) mass is 282 g/mol. The quantitative estimate of drug-likeness (QED) is 0.936. The molecule has 20 heavy (non-hydrogen) atoms. The Morgan fingerprint density at radius 3 is 2.75 bits per heavy atom. The highest BCUT2D eigenvalue weighted by atomic mass is 19.3. The molecular formula is C13H12F2N2O3. The summed E-state index contributed by atoms with van der Waals surface area (Å²) in [5.41, 5.74) is -1.16. The second kappa shape index (κ2) is 4.81. The van der Waals surface area contributed by atoms with E-state index in [9.17, 15) is 18.4 Å². The van der Waals surface area contributed by atoms with Gasteiger partial charge in [0, 0.05) is 6.07 Å².